The minimum absolute atomic E-state index is 0.769. The van der Waals surface area contributed by atoms with Crippen molar-refractivity contribution in [3.05, 3.63) is 48.5 Å². The summed E-state index contributed by atoms with van der Waals surface area (Å²) in [6.45, 7) is 0. The maximum absolute atomic E-state index is 4.57. The first kappa shape index (κ1) is 11.0. The fourth-order valence-corrected chi connectivity index (χ4v) is 2.30. The molecule has 2 aromatic carbocycles. The number of nitrogens with zero attached hydrogens (tertiary/aromatic N) is 3. The molecule has 0 aliphatic carbocycles. The zero-order valence-electron chi connectivity index (χ0n) is 11.0. The molecule has 0 aliphatic heterocycles. The maximum atomic E-state index is 4.57. The van der Waals surface area contributed by atoms with Crippen LogP contribution in [0.4, 0.5) is 11.9 Å². The number of nitrogens with one attached hydrogen (secondary N) is 2. The smallest absolute Gasteiger partial charge is 0.210 e. The van der Waals surface area contributed by atoms with E-state index in [1.807, 2.05) is 60.5 Å². The highest BCUT2D eigenvalue weighted by Gasteiger charge is 2.12. The molecule has 5 nitrogen and oxygen atoms in total. The normalized spacial score (nSPS) is 11.2. The Hall–Kier alpha value is -2.82. The number of benzene rings is 2. The summed E-state index contributed by atoms with van der Waals surface area (Å²) in [6.07, 6.45) is 0. The van der Waals surface area contributed by atoms with Gasteiger partial charge in [0.25, 0.3) is 0 Å². The molecule has 0 aliphatic rings. The largest absolute Gasteiger partial charge is 0.324 e. The molecular formula is C15H13N5. The van der Waals surface area contributed by atoms with Crippen LogP contribution in [-0.4, -0.2) is 27.0 Å². The molecule has 20 heavy (non-hydrogen) atoms. The molecule has 0 bridgehead atoms. The van der Waals surface area contributed by atoms with Gasteiger partial charge in [0.1, 0.15) is 0 Å². The van der Waals surface area contributed by atoms with Gasteiger partial charge in [-0.25, -0.2) is 9.97 Å². The Kier molecular flexibility index (Phi) is 2.26. The minimum atomic E-state index is 0.769. The maximum Gasteiger partial charge on any atom is 0.210 e. The van der Waals surface area contributed by atoms with E-state index in [4.69, 9.17) is 0 Å². The lowest BCUT2D eigenvalue weighted by Gasteiger charge is -2.11. The Morgan fingerprint density at radius 3 is 1.65 bits per heavy atom. The first-order chi connectivity index (χ1) is 9.81. The number of rotatable bonds is 2. The van der Waals surface area contributed by atoms with Crippen LogP contribution in [0, 0.1) is 0 Å². The van der Waals surface area contributed by atoms with Gasteiger partial charge in [-0.3, -0.25) is 4.90 Å². The molecule has 0 atom stereocenters. The third-order valence-electron chi connectivity index (χ3n) is 3.39. The van der Waals surface area contributed by atoms with Gasteiger partial charge >= 0.3 is 0 Å². The van der Waals surface area contributed by atoms with E-state index in [-0.39, 0.29) is 0 Å². The highest BCUT2D eigenvalue weighted by molar-refractivity contribution is 5.80. The number of aromatic nitrogens is 4. The van der Waals surface area contributed by atoms with Gasteiger partial charge in [-0.2, -0.15) is 0 Å². The zero-order valence-corrected chi connectivity index (χ0v) is 11.0. The molecular weight excluding hydrogens is 250 g/mol. The number of anilines is 2. The van der Waals surface area contributed by atoms with Crippen LogP contribution < -0.4 is 4.90 Å². The fourth-order valence-electron chi connectivity index (χ4n) is 2.30. The van der Waals surface area contributed by atoms with E-state index in [9.17, 15) is 0 Å². The fraction of sp³-hybridized carbons (Fsp3) is 0.0667. The molecule has 5 heteroatoms. The van der Waals surface area contributed by atoms with Crippen LogP contribution in [0.2, 0.25) is 0 Å². The first-order valence-corrected chi connectivity index (χ1v) is 6.44. The van der Waals surface area contributed by atoms with Crippen molar-refractivity contribution in [1.29, 1.82) is 0 Å². The van der Waals surface area contributed by atoms with Gasteiger partial charge in [-0.15, -0.1) is 0 Å². The molecule has 0 saturated carbocycles. The van der Waals surface area contributed by atoms with Crippen molar-refractivity contribution in [2.75, 3.05) is 11.9 Å². The SMILES string of the molecule is CN(c1nc2ccccc2[nH]1)c1nc2ccccc2[nH]1. The van der Waals surface area contributed by atoms with Crippen LogP contribution in [-0.2, 0) is 0 Å². The van der Waals surface area contributed by atoms with E-state index in [1.54, 1.807) is 0 Å². The van der Waals surface area contributed by atoms with Gasteiger partial charge in [0.2, 0.25) is 11.9 Å². The van der Waals surface area contributed by atoms with E-state index < -0.39 is 0 Å². The van der Waals surface area contributed by atoms with E-state index >= 15 is 0 Å². The lowest BCUT2D eigenvalue weighted by atomic mass is 10.3. The summed E-state index contributed by atoms with van der Waals surface area (Å²) in [5.74, 6) is 1.54. The predicted octanol–water partition coefficient (Wildman–Crippen LogP) is 3.21. The van der Waals surface area contributed by atoms with Gasteiger partial charge in [-0.1, -0.05) is 24.3 Å². The quantitative estimate of drug-likeness (QED) is 0.584. The monoisotopic (exact) mass is 263 g/mol. The average molecular weight is 263 g/mol. The molecule has 2 aromatic heterocycles. The van der Waals surface area contributed by atoms with E-state index in [2.05, 4.69) is 19.9 Å². The lowest BCUT2D eigenvalue weighted by molar-refractivity contribution is 1.04. The molecule has 4 aromatic rings. The highest BCUT2D eigenvalue weighted by Crippen LogP contribution is 2.23. The summed E-state index contributed by atoms with van der Waals surface area (Å²) in [5.41, 5.74) is 3.94. The summed E-state index contributed by atoms with van der Waals surface area (Å²) in [6, 6.07) is 15.9. The van der Waals surface area contributed by atoms with Gasteiger partial charge < -0.3 is 9.97 Å². The van der Waals surface area contributed by atoms with Gasteiger partial charge in [-0.05, 0) is 24.3 Å². The molecule has 0 radical (unpaired) electrons. The molecule has 0 spiro atoms. The molecule has 0 unspecified atom stereocenters. The second kappa shape index (κ2) is 4.09. The average Bonchev–Trinajstić information content (AvgIpc) is 3.10. The summed E-state index contributed by atoms with van der Waals surface area (Å²) < 4.78 is 0. The van der Waals surface area contributed by atoms with E-state index in [0.717, 1.165) is 34.0 Å². The number of hydrogen-bond acceptors (Lipinski definition) is 3. The standard InChI is InChI=1S/C15H13N5/c1-20(14-16-10-6-2-3-7-11(10)17-14)15-18-12-8-4-5-9-13(12)19-15/h2-9H,1H3,(H,16,17)(H,18,19). The number of imidazole rings is 2. The number of hydrogen-bond donors (Lipinski definition) is 2. The Morgan fingerprint density at radius 2 is 1.20 bits per heavy atom. The number of para-hydroxylation sites is 4. The predicted molar refractivity (Wildman–Crippen MR) is 80.3 cm³/mol. The van der Waals surface area contributed by atoms with Crippen LogP contribution >= 0.6 is 0 Å². The van der Waals surface area contributed by atoms with Crippen molar-refractivity contribution in [2.45, 2.75) is 0 Å². The summed E-state index contributed by atoms with van der Waals surface area (Å²) in [4.78, 5) is 17.6. The van der Waals surface area contributed by atoms with Crippen LogP contribution in [0.5, 0.6) is 0 Å². The van der Waals surface area contributed by atoms with E-state index in [1.165, 1.54) is 0 Å². The molecule has 0 amide bonds. The van der Waals surface area contributed by atoms with E-state index in [0.29, 0.717) is 0 Å². The van der Waals surface area contributed by atoms with Crippen molar-refractivity contribution in [3.8, 4) is 0 Å². The Morgan fingerprint density at radius 1 is 0.750 bits per heavy atom. The lowest BCUT2D eigenvalue weighted by Crippen LogP contribution is -2.12. The summed E-state index contributed by atoms with van der Waals surface area (Å²) in [5, 5.41) is 0. The van der Waals surface area contributed by atoms with Crippen LogP contribution in [0.3, 0.4) is 0 Å². The molecule has 0 saturated heterocycles. The Bertz CT molecular complexity index is 749. The molecule has 98 valence electrons. The number of H-pyrrole nitrogens is 2. The Balaban J connectivity index is 1.80. The third kappa shape index (κ3) is 1.64. The first-order valence-electron chi connectivity index (χ1n) is 6.44. The van der Waals surface area contributed by atoms with Crippen LogP contribution in [0.15, 0.2) is 48.5 Å². The molecule has 4 rings (SSSR count). The second-order valence-electron chi connectivity index (χ2n) is 4.71. The summed E-state index contributed by atoms with van der Waals surface area (Å²) >= 11 is 0. The Labute approximate surface area is 115 Å². The molecule has 2 N–H and O–H groups in total. The van der Waals surface area contributed by atoms with Crippen molar-refractivity contribution in [3.63, 3.8) is 0 Å². The molecule has 0 fully saturated rings. The van der Waals surface area contributed by atoms with Gasteiger partial charge in [0, 0.05) is 7.05 Å². The van der Waals surface area contributed by atoms with Crippen LogP contribution in [0.1, 0.15) is 0 Å². The molecule has 2 heterocycles. The van der Waals surface area contributed by atoms with Gasteiger partial charge in [0.15, 0.2) is 0 Å². The second-order valence-corrected chi connectivity index (χ2v) is 4.71. The van der Waals surface area contributed by atoms with Crippen molar-refractivity contribution in [1.82, 2.24) is 19.9 Å². The topological polar surface area (TPSA) is 60.6 Å². The highest BCUT2D eigenvalue weighted by atomic mass is 15.3. The zero-order chi connectivity index (χ0) is 13.5. The third-order valence-corrected chi connectivity index (χ3v) is 3.39. The minimum Gasteiger partial charge on any atom is -0.324 e. The van der Waals surface area contributed by atoms with Crippen molar-refractivity contribution >= 4 is 34.0 Å². The van der Waals surface area contributed by atoms with Crippen molar-refractivity contribution < 1.29 is 0 Å². The summed E-state index contributed by atoms with van der Waals surface area (Å²) in [7, 11) is 1.94. The van der Waals surface area contributed by atoms with Gasteiger partial charge in [0.05, 0.1) is 22.1 Å². The van der Waals surface area contributed by atoms with Crippen LogP contribution in [0.25, 0.3) is 22.1 Å². The van der Waals surface area contributed by atoms with Crippen molar-refractivity contribution in [2.24, 2.45) is 0 Å². The number of aromatic amines is 2. The number of fused-ring (bicyclic) bond motifs is 2.